The molecule has 196 valence electrons. The van der Waals surface area contributed by atoms with Gasteiger partial charge in [-0.3, -0.25) is 14.9 Å². The minimum Gasteiger partial charge on any atom is -0.397 e. The van der Waals surface area contributed by atoms with Gasteiger partial charge in [0.2, 0.25) is 0 Å². The maximum atomic E-state index is 12.8. The summed E-state index contributed by atoms with van der Waals surface area (Å²) in [4.78, 5) is 35.9. The summed E-state index contributed by atoms with van der Waals surface area (Å²) >= 11 is 0. The average Bonchev–Trinajstić information content (AvgIpc) is 3.53. The van der Waals surface area contributed by atoms with Gasteiger partial charge in [0, 0.05) is 13.0 Å². The van der Waals surface area contributed by atoms with Gasteiger partial charge in [-0.1, -0.05) is 75.8 Å². The Balaban J connectivity index is 1.51. The number of fused-ring (bicyclic) bond motifs is 2. The van der Waals surface area contributed by atoms with Crippen LogP contribution in [-0.4, -0.2) is 24.4 Å². The number of unbranched alkanes of at least 4 members (excludes halogenated alkanes) is 6. The Hall–Kier alpha value is -4.27. The topological polar surface area (TPSA) is 120 Å². The molecule has 3 heterocycles. The van der Waals surface area contributed by atoms with E-state index in [-0.39, 0.29) is 11.4 Å². The fraction of sp³-hybridized carbons (Fsp3) is 0.345. The second-order valence-corrected chi connectivity index (χ2v) is 9.64. The first-order valence-corrected chi connectivity index (χ1v) is 13.2. The van der Waals surface area contributed by atoms with Crippen LogP contribution in [0, 0.1) is 10.1 Å². The minimum atomic E-state index is -0.552. The largest absolute Gasteiger partial charge is 0.433 e. The molecule has 2 aromatic carbocycles. The monoisotopic (exact) mass is 513 g/mol. The number of nitrogens with zero attached hydrogens (tertiary/aromatic N) is 4. The molecule has 0 saturated carbocycles. The quantitative estimate of drug-likeness (QED) is 0.111. The number of aromatic nitrogens is 4. The smallest absolute Gasteiger partial charge is 0.397 e. The average molecular weight is 514 g/mol. The standard InChI is InChI=1S/C29H31N5O4/c1-2-3-4-5-6-7-11-16-33-25-19-22-21(32-29(35)24(30-22)17-20-12-9-8-10-13-20)18-23(25)31-28(33)26-14-15-27(38-26)34(36)37/h8-10,12-15,18-19H,2-7,11,16-17H2,1H3,(H,32,35). The number of nitro groups is 1. The van der Waals surface area contributed by atoms with Crippen molar-refractivity contribution in [2.75, 3.05) is 0 Å². The third-order valence-electron chi connectivity index (χ3n) is 6.82. The van der Waals surface area contributed by atoms with Crippen LogP contribution in [0.2, 0.25) is 0 Å². The van der Waals surface area contributed by atoms with Gasteiger partial charge in [-0.2, -0.15) is 0 Å². The number of aryl methyl sites for hydroxylation is 1. The number of aromatic amines is 1. The minimum absolute atomic E-state index is 0.231. The van der Waals surface area contributed by atoms with E-state index in [4.69, 9.17) is 14.4 Å². The third-order valence-corrected chi connectivity index (χ3v) is 6.82. The number of nitrogens with one attached hydrogen (secondary N) is 1. The molecule has 5 rings (SSSR count). The van der Waals surface area contributed by atoms with E-state index in [9.17, 15) is 14.9 Å². The van der Waals surface area contributed by atoms with Crippen molar-refractivity contribution in [3.05, 3.63) is 86.3 Å². The second kappa shape index (κ2) is 11.4. The van der Waals surface area contributed by atoms with Gasteiger partial charge in [0.25, 0.3) is 5.56 Å². The third kappa shape index (κ3) is 5.51. The van der Waals surface area contributed by atoms with Crippen molar-refractivity contribution >= 4 is 28.0 Å². The van der Waals surface area contributed by atoms with Crippen molar-refractivity contribution in [1.29, 1.82) is 0 Å². The Kier molecular flexibility index (Phi) is 7.62. The zero-order chi connectivity index (χ0) is 26.5. The van der Waals surface area contributed by atoms with Gasteiger partial charge >= 0.3 is 5.88 Å². The molecule has 0 spiro atoms. The molecule has 3 aromatic heterocycles. The maximum absolute atomic E-state index is 12.8. The van der Waals surface area contributed by atoms with Gasteiger partial charge in [0.1, 0.15) is 10.6 Å². The molecular formula is C29H31N5O4. The zero-order valence-corrected chi connectivity index (χ0v) is 21.5. The van der Waals surface area contributed by atoms with Crippen LogP contribution in [0.1, 0.15) is 63.1 Å². The van der Waals surface area contributed by atoms with E-state index in [1.807, 2.05) is 47.0 Å². The molecule has 0 aliphatic carbocycles. The van der Waals surface area contributed by atoms with Gasteiger partial charge in [0.15, 0.2) is 11.6 Å². The number of benzene rings is 2. The molecule has 0 radical (unpaired) electrons. The molecule has 9 nitrogen and oxygen atoms in total. The highest BCUT2D eigenvalue weighted by atomic mass is 16.6. The van der Waals surface area contributed by atoms with Crippen molar-refractivity contribution in [2.45, 2.75) is 64.8 Å². The molecule has 0 amide bonds. The molecule has 0 fully saturated rings. The predicted octanol–water partition coefficient (Wildman–Crippen LogP) is 6.78. The first kappa shape index (κ1) is 25.4. The van der Waals surface area contributed by atoms with Gasteiger partial charge in [0.05, 0.1) is 28.1 Å². The van der Waals surface area contributed by atoms with Crippen LogP contribution in [0.15, 0.2) is 63.8 Å². The summed E-state index contributed by atoms with van der Waals surface area (Å²) < 4.78 is 7.57. The van der Waals surface area contributed by atoms with E-state index >= 15 is 0 Å². The van der Waals surface area contributed by atoms with Crippen molar-refractivity contribution < 1.29 is 9.34 Å². The van der Waals surface area contributed by atoms with E-state index in [0.717, 1.165) is 23.9 Å². The molecule has 0 saturated heterocycles. The Morgan fingerprint density at radius 3 is 2.45 bits per heavy atom. The summed E-state index contributed by atoms with van der Waals surface area (Å²) in [5.74, 6) is 0.545. The molecule has 0 bridgehead atoms. The number of hydrogen-bond donors (Lipinski definition) is 1. The molecule has 0 unspecified atom stereocenters. The first-order valence-electron chi connectivity index (χ1n) is 13.2. The maximum Gasteiger partial charge on any atom is 0.433 e. The summed E-state index contributed by atoms with van der Waals surface area (Å²) in [7, 11) is 0. The van der Waals surface area contributed by atoms with E-state index < -0.39 is 4.92 Å². The van der Waals surface area contributed by atoms with Crippen LogP contribution < -0.4 is 5.56 Å². The number of H-pyrrole nitrogens is 1. The summed E-state index contributed by atoms with van der Waals surface area (Å²) in [6.45, 7) is 2.91. The van der Waals surface area contributed by atoms with E-state index in [1.54, 1.807) is 6.07 Å². The fourth-order valence-electron chi connectivity index (χ4n) is 4.84. The lowest BCUT2D eigenvalue weighted by Gasteiger charge is -2.09. The molecule has 9 heteroatoms. The van der Waals surface area contributed by atoms with Crippen LogP contribution in [0.25, 0.3) is 33.7 Å². The van der Waals surface area contributed by atoms with Gasteiger partial charge in [-0.05, 0) is 30.2 Å². The van der Waals surface area contributed by atoms with Crippen molar-refractivity contribution in [1.82, 2.24) is 19.5 Å². The fourth-order valence-corrected chi connectivity index (χ4v) is 4.84. The highest BCUT2D eigenvalue weighted by Gasteiger charge is 2.20. The molecular weight excluding hydrogens is 482 g/mol. The summed E-state index contributed by atoms with van der Waals surface area (Å²) in [5.41, 5.74) is 4.01. The zero-order valence-electron chi connectivity index (χ0n) is 21.5. The Morgan fingerprint density at radius 1 is 0.947 bits per heavy atom. The lowest BCUT2D eigenvalue weighted by atomic mass is 10.1. The Labute approximate surface area is 219 Å². The van der Waals surface area contributed by atoms with Crippen LogP contribution in [0.4, 0.5) is 5.88 Å². The Bertz CT molecular complexity index is 1620. The van der Waals surface area contributed by atoms with Crippen LogP contribution in [0.5, 0.6) is 0 Å². The van der Waals surface area contributed by atoms with Gasteiger partial charge in [-0.15, -0.1) is 0 Å². The molecule has 1 N–H and O–H groups in total. The van der Waals surface area contributed by atoms with Crippen LogP contribution >= 0.6 is 0 Å². The van der Waals surface area contributed by atoms with Crippen molar-refractivity contribution in [3.8, 4) is 11.6 Å². The van der Waals surface area contributed by atoms with Crippen molar-refractivity contribution in [3.63, 3.8) is 0 Å². The van der Waals surface area contributed by atoms with E-state index in [0.29, 0.717) is 46.8 Å². The lowest BCUT2D eigenvalue weighted by molar-refractivity contribution is -0.401. The number of imidazole rings is 1. The molecule has 0 atom stereocenters. The second-order valence-electron chi connectivity index (χ2n) is 9.64. The first-order chi connectivity index (χ1) is 18.5. The van der Waals surface area contributed by atoms with Crippen molar-refractivity contribution in [2.24, 2.45) is 0 Å². The molecule has 38 heavy (non-hydrogen) atoms. The number of hydrogen-bond acceptors (Lipinski definition) is 6. The van der Waals surface area contributed by atoms with Gasteiger partial charge < -0.3 is 14.0 Å². The summed E-state index contributed by atoms with van der Waals surface area (Å²) in [6.07, 6.45) is 8.60. The summed E-state index contributed by atoms with van der Waals surface area (Å²) in [5, 5.41) is 11.2. The van der Waals surface area contributed by atoms with Gasteiger partial charge in [-0.25, -0.2) is 9.97 Å². The molecule has 0 aliphatic heterocycles. The lowest BCUT2D eigenvalue weighted by Crippen LogP contribution is -2.15. The highest BCUT2D eigenvalue weighted by Crippen LogP contribution is 2.31. The van der Waals surface area contributed by atoms with Crippen LogP contribution in [0.3, 0.4) is 0 Å². The SMILES string of the molecule is CCCCCCCCCn1c(-c2ccc([N+](=O)[O-])o2)nc2cc3[nH]c(=O)c(Cc4ccccc4)nc3cc21. The molecule has 5 aromatic rings. The number of rotatable bonds is 12. The number of furan rings is 1. The predicted molar refractivity (Wildman–Crippen MR) is 147 cm³/mol. The molecule has 0 aliphatic rings. The summed E-state index contributed by atoms with van der Waals surface area (Å²) in [6, 6.07) is 16.4. The van der Waals surface area contributed by atoms with Crippen LogP contribution in [-0.2, 0) is 13.0 Å². The normalized spacial score (nSPS) is 11.5. The Morgan fingerprint density at radius 2 is 1.71 bits per heavy atom. The highest BCUT2D eigenvalue weighted by molar-refractivity contribution is 5.92. The van der Waals surface area contributed by atoms with E-state index in [2.05, 4.69) is 11.9 Å². The van der Waals surface area contributed by atoms with E-state index in [1.165, 1.54) is 38.2 Å².